The van der Waals surface area contributed by atoms with E-state index in [0.29, 0.717) is 12.0 Å². The van der Waals surface area contributed by atoms with E-state index < -0.39 is 0 Å². The van der Waals surface area contributed by atoms with E-state index in [1.807, 2.05) is 11.8 Å². The van der Waals surface area contributed by atoms with Crippen molar-refractivity contribution in [3.63, 3.8) is 0 Å². The van der Waals surface area contributed by atoms with Gasteiger partial charge in [-0.25, -0.2) is 10.8 Å². The highest BCUT2D eigenvalue weighted by molar-refractivity contribution is 5.88. The second kappa shape index (κ2) is 5.35. The zero-order valence-electron chi connectivity index (χ0n) is 10.3. The molecule has 2 aliphatic rings. The second-order valence-corrected chi connectivity index (χ2v) is 4.75. The van der Waals surface area contributed by atoms with Gasteiger partial charge in [0, 0.05) is 13.1 Å². The van der Waals surface area contributed by atoms with Gasteiger partial charge >= 0.3 is 0 Å². The Hall–Kier alpha value is -1.30. The van der Waals surface area contributed by atoms with Gasteiger partial charge in [-0.05, 0) is 32.6 Å². The number of likely N-dealkylation sites (tertiary alicyclic amines) is 1. The highest BCUT2D eigenvalue weighted by Crippen LogP contribution is 2.23. The Morgan fingerprint density at radius 1 is 1.41 bits per heavy atom. The fraction of sp³-hybridized carbons (Fsp3) is 0.818. The molecule has 0 aromatic carbocycles. The SMILES string of the molecule is CC(NC(=NC1CC1)NN)C(=O)N1CCCC1. The van der Waals surface area contributed by atoms with Crippen LogP contribution in [0.5, 0.6) is 0 Å². The molecule has 96 valence electrons. The number of hydrogen-bond acceptors (Lipinski definition) is 3. The Morgan fingerprint density at radius 2 is 2.06 bits per heavy atom. The first-order valence-corrected chi connectivity index (χ1v) is 6.30. The molecule has 2 fully saturated rings. The third kappa shape index (κ3) is 3.33. The number of carbonyl (C=O) groups excluding carboxylic acids is 1. The van der Waals surface area contributed by atoms with Crippen LogP contribution in [0.2, 0.25) is 0 Å². The number of nitrogens with one attached hydrogen (secondary N) is 2. The van der Waals surface area contributed by atoms with Gasteiger partial charge < -0.3 is 10.2 Å². The van der Waals surface area contributed by atoms with Gasteiger partial charge in [0.2, 0.25) is 11.9 Å². The first-order chi connectivity index (χ1) is 8.20. The third-order valence-corrected chi connectivity index (χ3v) is 3.14. The van der Waals surface area contributed by atoms with Crippen molar-refractivity contribution >= 4 is 11.9 Å². The van der Waals surface area contributed by atoms with Crippen molar-refractivity contribution in [2.24, 2.45) is 10.8 Å². The summed E-state index contributed by atoms with van der Waals surface area (Å²) in [5.74, 6) is 6.03. The Balaban J connectivity index is 1.85. The summed E-state index contributed by atoms with van der Waals surface area (Å²) >= 11 is 0. The summed E-state index contributed by atoms with van der Waals surface area (Å²) in [6.07, 6.45) is 4.44. The molecular formula is C11H21N5O. The summed E-state index contributed by atoms with van der Waals surface area (Å²) in [6, 6.07) is 0.101. The van der Waals surface area contributed by atoms with Crippen molar-refractivity contribution in [1.29, 1.82) is 0 Å². The fourth-order valence-electron chi connectivity index (χ4n) is 1.98. The number of carbonyl (C=O) groups is 1. The van der Waals surface area contributed by atoms with Crippen LogP contribution in [-0.2, 0) is 4.79 Å². The van der Waals surface area contributed by atoms with E-state index >= 15 is 0 Å². The van der Waals surface area contributed by atoms with Crippen LogP contribution >= 0.6 is 0 Å². The molecule has 4 N–H and O–H groups in total. The van der Waals surface area contributed by atoms with Crippen LogP contribution in [0.4, 0.5) is 0 Å². The van der Waals surface area contributed by atoms with Gasteiger partial charge in [0.25, 0.3) is 0 Å². The number of nitrogens with zero attached hydrogens (tertiary/aromatic N) is 2. The van der Waals surface area contributed by atoms with E-state index in [0.717, 1.165) is 38.8 Å². The summed E-state index contributed by atoms with van der Waals surface area (Å²) in [4.78, 5) is 18.3. The Labute approximate surface area is 102 Å². The molecule has 1 atom stereocenters. The maximum absolute atomic E-state index is 12.0. The number of hydrazine groups is 1. The van der Waals surface area contributed by atoms with Crippen LogP contribution in [0.25, 0.3) is 0 Å². The largest absolute Gasteiger partial charge is 0.344 e. The molecule has 1 unspecified atom stereocenters. The van der Waals surface area contributed by atoms with Crippen LogP contribution in [0, 0.1) is 0 Å². The summed E-state index contributed by atoms with van der Waals surface area (Å²) in [5, 5.41) is 3.04. The molecule has 0 radical (unpaired) electrons. The van der Waals surface area contributed by atoms with E-state index in [4.69, 9.17) is 5.84 Å². The molecule has 1 saturated heterocycles. The Kier molecular flexibility index (Phi) is 3.83. The zero-order valence-corrected chi connectivity index (χ0v) is 10.3. The van der Waals surface area contributed by atoms with Gasteiger partial charge in [-0.2, -0.15) is 0 Å². The lowest BCUT2D eigenvalue weighted by Gasteiger charge is -2.22. The molecule has 17 heavy (non-hydrogen) atoms. The van der Waals surface area contributed by atoms with E-state index in [1.165, 1.54) is 0 Å². The number of aliphatic imine (C=N–C) groups is 1. The number of hydrogen-bond donors (Lipinski definition) is 3. The minimum absolute atomic E-state index is 0.126. The summed E-state index contributed by atoms with van der Waals surface area (Å²) < 4.78 is 0. The minimum Gasteiger partial charge on any atom is -0.344 e. The minimum atomic E-state index is -0.276. The van der Waals surface area contributed by atoms with Crippen LogP contribution < -0.4 is 16.6 Å². The standard InChI is InChI=1S/C11H21N5O/c1-8(10(17)16-6-2-3-7-16)13-11(15-12)14-9-4-5-9/h8-9H,2-7,12H2,1H3,(H2,13,14,15). The third-order valence-electron chi connectivity index (χ3n) is 3.14. The molecule has 2 rings (SSSR count). The first kappa shape index (κ1) is 12.2. The smallest absolute Gasteiger partial charge is 0.244 e. The van der Waals surface area contributed by atoms with Gasteiger partial charge in [0.05, 0.1) is 6.04 Å². The van der Waals surface area contributed by atoms with Gasteiger partial charge in [-0.3, -0.25) is 10.2 Å². The lowest BCUT2D eigenvalue weighted by atomic mass is 10.3. The van der Waals surface area contributed by atoms with Gasteiger partial charge in [0.15, 0.2) is 0 Å². The maximum Gasteiger partial charge on any atom is 0.244 e. The number of rotatable bonds is 3. The Morgan fingerprint density at radius 3 is 2.59 bits per heavy atom. The highest BCUT2D eigenvalue weighted by atomic mass is 16.2. The monoisotopic (exact) mass is 239 g/mol. The molecule has 1 amide bonds. The molecule has 1 saturated carbocycles. The van der Waals surface area contributed by atoms with Crippen LogP contribution in [0.1, 0.15) is 32.6 Å². The molecule has 1 heterocycles. The van der Waals surface area contributed by atoms with Crippen molar-refractivity contribution in [3.05, 3.63) is 0 Å². The predicted octanol–water partition coefficient (Wildman–Crippen LogP) is -0.431. The molecule has 0 spiro atoms. The molecule has 1 aliphatic heterocycles. The van der Waals surface area contributed by atoms with E-state index in [-0.39, 0.29) is 11.9 Å². The van der Waals surface area contributed by atoms with Crippen molar-refractivity contribution < 1.29 is 4.79 Å². The highest BCUT2D eigenvalue weighted by Gasteiger charge is 2.25. The molecule has 0 aromatic heterocycles. The maximum atomic E-state index is 12.0. The molecule has 6 heteroatoms. The van der Waals surface area contributed by atoms with Crippen molar-refractivity contribution in [2.75, 3.05) is 13.1 Å². The van der Waals surface area contributed by atoms with Crippen molar-refractivity contribution in [2.45, 2.75) is 44.7 Å². The van der Waals surface area contributed by atoms with Crippen molar-refractivity contribution in [3.8, 4) is 0 Å². The topological polar surface area (TPSA) is 82.7 Å². The molecule has 1 aliphatic carbocycles. The quantitative estimate of drug-likeness (QED) is 0.270. The zero-order chi connectivity index (χ0) is 12.3. The number of amides is 1. The van der Waals surface area contributed by atoms with E-state index in [1.54, 1.807) is 0 Å². The number of nitrogens with two attached hydrogens (primary N) is 1. The molecule has 6 nitrogen and oxygen atoms in total. The second-order valence-electron chi connectivity index (χ2n) is 4.75. The van der Waals surface area contributed by atoms with Gasteiger partial charge in [-0.15, -0.1) is 0 Å². The van der Waals surface area contributed by atoms with Gasteiger partial charge in [0.1, 0.15) is 6.04 Å². The normalized spacial score (nSPS) is 22.5. The Bertz CT molecular complexity index is 307. The van der Waals surface area contributed by atoms with Crippen LogP contribution in [0.15, 0.2) is 4.99 Å². The molecule has 0 bridgehead atoms. The number of guanidine groups is 1. The van der Waals surface area contributed by atoms with E-state index in [2.05, 4.69) is 15.7 Å². The lowest BCUT2D eigenvalue weighted by Crippen LogP contribution is -2.51. The van der Waals surface area contributed by atoms with Crippen LogP contribution in [-0.4, -0.2) is 41.9 Å². The van der Waals surface area contributed by atoms with Crippen molar-refractivity contribution in [1.82, 2.24) is 15.6 Å². The van der Waals surface area contributed by atoms with Crippen LogP contribution in [0.3, 0.4) is 0 Å². The van der Waals surface area contributed by atoms with E-state index in [9.17, 15) is 4.79 Å². The average molecular weight is 239 g/mol. The average Bonchev–Trinajstić information content (AvgIpc) is 2.97. The first-order valence-electron chi connectivity index (χ1n) is 6.30. The van der Waals surface area contributed by atoms with Gasteiger partial charge in [-0.1, -0.05) is 0 Å². The summed E-state index contributed by atoms with van der Waals surface area (Å²) in [7, 11) is 0. The fourth-order valence-corrected chi connectivity index (χ4v) is 1.98. The molecular weight excluding hydrogens is 218 g/mol. The predicted molar refractivity (Wildman–Crippen MR) is 66.2 cm³/mol. The molecule has 0 aromatic rings. The summed E-state index contributed by atoms with van der Waals surface area (Å²) in [5.41, 5.74) is 2.52. The lowest BCUT2D eigenvalue weighted by molar-refractivity contribution is -0.131. The summed E-state index contributed by atoms with van der Waals surface area (Å²) in [6.45, 7) is 3.59.